The highest BCUT2D eigenvalue weighted by molar-refractivity contribution is 7.89. The molecule has 4 nitrogen and oxygen atoms in total. The minimum absolute atomic E-state index is 0.0870. The first-order valence-electron chi connectivity index (χ1n) is 5.75. The third kappa shape index (κ3) is 2.48. The van der Waals surface area contributed by atoms with Crippen LogP contribution in [0.25, 0.3) is 0 Å². The molecule has 0 bridgehead atoms. The second-order valence-corrected chi connectivity index (χ2v) is 6.23. The molecule has 0 aliphatic heterocycles. The van der Waals surface area contributed by atoms with Crippen LogP contribution < -0.4 is 5.73 Å². The molecule has 0 atom stereocenters. The lowest BCUT2D eigenvalue weighted by molar-refractivity contribution is 0.431. The Hall–Kier alpha value is -1.47. The zero-order valence-corrected chi connectivity index (χ0v) is 11.0. The molecule has 1 aliphatic rings. The maximum Gasteiger partial charge on any atom is 0.246 e. The first kappa shape index (κ1) is 14.0. The molecule has 0 heterocycles. The van der Waals surface area contributed by atoms with Gasteiger partial charge in [-0.25, -0.2) is 17.2 Å². The summed E-state index contributed by atoms with van der Waals surface area (Å²) in [5.41, 5.74) is 4.41. The number of nitrogens with two attached hydrogens (primary N) is 1. The summed E-state index contributed by atoms with van der Waals surface area (Å²) in [5.74, 6) is -2.21. The zero-order chi connectivity index (χ0) is 14.2. The first-order valence-corrected chi connectivity index (χ1v) is 7.19. The molecular weight excluding hydrogens is 274 g/mol. The molecule has 1 saturated carbocycles. The van der Waals surface area contributed by atoms with Crippen LogP contribution in [0.3, 0.4) is 0 Å². The number of nitrogen functional groups attached to an aromatic ring is 1. The summed E-state index contributed by atoms with van der Waals surface area (Å²) in [4.78, 5) is -0.597. The van der Waals surface area contributed by atoms with Crippen molar-refractivity contribution in [3.05, 3.63) is 36.4 Å². The molecule has 0 spiro atoms. The van der Waals surface area contributed by atoms with Crippen molar-refractivity contribution in [2.75, 3.05) is 12.3 Å². The number of rotatable bonds is 5. The molecule has 2 N–H and O–H groups in total. The van der Waals surface area contributed by atoms with Crippen molar-refractivity contribution >= 4 is 15.7 Å². The van der Waals surface area contributed by atoms with Crippen LogP contribution in [0.1, 0.15) is 12.8 Å². The van der Waals surface area contributed by atoms with E-state index in [4.69, 9.17) is 5.73 Å². The van der Waals surface area contributed by atoms with Crippen molar-refractivity contribution in [1.82, 2.24) is 4.31 Å². The summed E-state index contributed by atoms with van der Waals surface area (Å²) in [6.07, 6.45) is 2.89. The molecule has 1 aromatic rings. The monoisotopic (exact) mass is 288 g/mol. The van der Waals surface area contributed by atoms with E-state index >= 15 is 0 Å². The Morgan fingerprint density at radius 2 is 2.05 bits per heavy atom. The average Bonchev–Trinajstić information content (AvgIpc) is 3.16. The fraction of sp³-hybridized carbons (Fsp3) is 0.333. The van der Waals surface area contributed by atoms with Crippen LogP contribution in [0.15, 0.2) is 29.7 Å². The van der Waals surface area contributed by atoms with Crippen LogP contribution in [0.4, 0.5) is 14.5 Å². The molecule has 0 aromatic heterocycles. The van der Waals surface area contributed by atoms with Crippen LogP contribution in [0.5, 0.6) is 0 Å². The van der Waals surface area contributed by atoms with Gasteiger partial charge in [0.15, 0.2) is 5.82 Å². The standard InChI is InChI=1S/C12H14F2N2O2S/c1-2-7-16(8-3-4-8)19(17,18)10-6-5-9(13)12(15)11(10)14/h2,5-6,8H,1,3-4,7,15H2. The Labute approximate surface area is 110 Å². The van der Waals surface area contributed by atoms with Crippen molar-refractivity contribution in [3.63, 3.8) is 0 Å². The lowest BCUT2D eigenvalue weighted by Crippen LogP contribution is -2.34. The Morgan fingerprint density at radius 3 is 2.58 bits per heavy atom. The number of hydrogen-bond acceptors (Lipinski definition) is 3. The normalized spacial score (nSPS) is 15.7. The summed E-state index contributed by atoms with van der Waals surface area (Å²) >= 11 is 0. The first-order chi connectivity index (χ1) is 8.89. The summed E-state index contributed by atoms with van der Waals surface area (Å²) in [6.45, 7) is 3.57. The van der Waals surface area contributed by atoms with Gasteiger partial charge in [-0.1, -0.05) is 6.08 Å². The SMILES string of the molecule is C=CCN(C1CC1)S(=O)(=O)c1ccc(F)c(N)c1F. The van der Waals surface area contributed by atoms with Crippen LogP contribution in [-0.2, 0) is 10.0 Å². The molecule has 0 radical (unpaired) electrons. The lowest BCUT2D eigenvalue weighted by atomic mass is 10.3. The molecule has 104 valence electrons. The highest BCUT2D eigenvalue weighted by Crippen LogP contribution is 2.33. The molecule has 7 heteroatoms. The van der Waals surface area contributed by atoms with Gasteiger partial charge in [-0.05, 0) is 25.0 Å². The zero-order valence-electron chi connectivity index (χ0n) is 10.1. The molecule has 0 saturated heterocycles. The predicted molar refractivity (Wildman–Crippen MR) is 67.9 cm³/mol. The second-order valence-electron chi connectivity index (χ2n) is 4.37. The fourth-order valence-electron chi connectivity index (χ4n) is 1.81. The van der Waals surface area contributed by atoms with Gasteiger partial charge in [0, 0.05) is 12.6 Å². The average molecular weight is 288 g/mol. The van der Waals surface area contributed by atoms with Gasteiger partial charge in [0.1, 0.15) is 16.4 Å². The van der Waals surface area contributed by atoms with Gasteiger partial charge in [0.2, 0.25) is 10.0 Å². The van der Waals surface area contributed by atoms with E-state index in [1.54, 1.807) is 0 Å². The summed E-state index contributed by atoms with van der Waals surface area (Å²) in [7, 11) is -4.03. The highest BCUT2D eigenvalue weighted by Gasteiger charge is 2.38. The minimum atomic E-state index is -4.03. The maximum absolute atomic E-state index is 13.8. The van der Waals surface area contributed by atoms with Gasteiger partial charge >= 0.3 is 0 Å². The van der Waals surface area contributed by atoms with E-state index in [2.05, 4.69) is 6.58 Å². The van der Waals surface area contributed by atoms with Crippen molar-refractivity contribution < 1.29 is 17.2 Å². The van der Waals surface area contributed by atoms with Crippen molar-refractivity contribution in [2.45, 2.75) is 23.8 Å². The van der Waals surface area contributed by atoms with E-state index in [1.807, 2.05) is 0 Å². The summed E-state index contributed by atoms with van der Waals surface area (Å²) in [5, 5.41) is 0. The molecule has 2 rings (SSSR count). The van der Waals surface area contributed by atoms with Crippen LogP contribution >= 0.6 is 0 Å². The number of halogens is 2. The number of nitrogens with zero attached hydrogens (tertiary/aromatic N) is 1. The molecule has 19 heavy (non-hydrogen) atoms. The molecule has 0 amide bonds. The van der Waals surface area contributed by atoms with Crippen LogP contribution in [-0.4, -0.2) is 25.3 Å². The number of anilines is 1. The van der Waals surface area contributed by atoms with Gasteiger partial charge in [0.05, 0.1) is 0 Å². The van der Waals surface area contributed by atoms with Gasteiger partial charge in [-0.2, -0.15) is 4.31 Å². The number of sulfonamides is 1. The van der Waals surface area contributed by atoms with E-state index in [0.717, 1.165) is 29.3 Å². The van der Waals surface area contributed by atoms with Gasteiger partial charge in [0.25, 0.3) is 0 Å². The third-order valence-electron chi connectivity index (χ3n) is 2.94. The Bertz CT molecular complexity index is 612. The van der Waals surface area contributed by atoms with E-state index in [-0.39, 0.29) is 12.6 Å². The summed E-state index contributed by atoms with van der Waals surface area (Å²) < 4.78 is 52.8. The maximum atomic E-state index is 13.8. The third-order valence-corrected chi connectivity index (χ3v) is 4.88. The highest BCUT2D eigenvalue weighted by atomic mass is 32.2. The van der Waals surface area contributed by atoms with Crippen LogP contribution in [0.2, 0.25) is 0 Å². The van der Waals surface area contributed by atoms with E-state index < -0.39 is 32.2 Å². The van der Waals surface area contributed by atoms with Crippen molar-refractivity contribution in [3.8, 4) is 0 Å². The van der Waals surface area contributed by atoms with Gasteiger partial charge < -0.3 is 5.73 Å². The topological polar surface area (TPSA) is 63.4 Å². The summed E-state index contributed by atoms with van der Waals surface area (Å²) in [6, 6.07) is 1.60. The van der Waals surface area contributed by atoms with Gasteiger partial charge in [-0.3, -0.25) is 0 Å². The van der Waals surface area contributed by atoms with E-state index in [1.165, 1.54) is 6.08 Å². The van der Waals surface area contributed by atoms with Crippen molar-refractivity contribution in [2.24, 2.45) is 0 Å². The molecule has 1 aliphatic carbocycles. The minimum Gasteiger partial charge on any atom is -0.394 e. The molecule has 1 fully saturated rings. The van der Waals surface area contributed by atoms with Crippen LogP contribution in [0, 0.1) is 11.6 Å². The van der Waals surface area contributed by atoms with E-state index in [9.17, 15) is 17.2 Å². The van der Waals surface area contributed by atoms with Crippen molar-refractivity contribution in [1.29, 1.82) is 0 Å². The Kier molecular flexibility index (Phi) is 3.60. The lowest BCUT2D eigenvalue weighted by Gasteiger charge is -2.20. The Morgan fingerprint density at radius 1 is 1.42 bits per heavy atom. The molecule has 0 unspecified atom stereocenters. The molecule has 1 aromatic carbocycles. The number of hydrogen-bond donors (Lipinski definition) is 1. The number of benzene rings is 1. The predicted octanol–water partition coefficient (Wildman–Crippen LogP) is 1.89. The smallest absolute Gasteiger partial charge is 0.246 e. The fourth-order valence-corrected chi connectivity index (χ4v) is 3.54. The van der Waals surface area contributed by atoms with Gasteiger partial charge in [-0.15, -0.1) is 6.58 Å². The van der Waals surface area contributed by atoms with E-state index in [0.29, 0.717) is 0 Å². The molecular formula is C12H14F2N2O2S. The largest absolute Gasteiger partial charge is 0.394 e. The second kappa shape index (κ2) is 4.90. The quantitative estimate of drug-likeness (QED) is 0.664. The Balaban J connectivity index is 2.49.